The third-order valence-corrected chi connectivity index (χ3v) is 16.4. The number of nitrogens with zero attached hydrogens (tertiary/aromatic N) is 6. The van der Waals surface area contributed by atoms with Crippen LogP contribution >= 0.6 is 0 Å². The van der Waals surface area contributed by atoms with Crippen molar-refractivity contribution < 1.29 is 50.2 Å². The lowest BCUT2D eigenvalue weighted by molar-refractivity contribution is -0.120. The maximum Gasteiger partial charge on any atom is 0.519 e. The molecule has 0 fully saturated rings. The Balaban J connectivity index is 1.01. The molecule has 8 aromatic rings. The molecule has 2 aromatic heterocycles. The molecule has 4 heterocycles. The maximum atomic E-state index is 15.4. The van der Waals surface area contributed by atoms with Crippen molar-refractivity contribution in [2.24, 2.45) is 0 Å². The Labute approximate surface area is 436 Å². The molecular formula is C57H40N6O11S2. The van der Waals surface area contributed by atoms with E-state index in [1.54, 1.807) is 50.2 Å². The summed E-state index contributed by atoms with van der Waals surface area (Å²) in [6.45, 7) is 3.72. The van der Waals surface area contributed by atoms with Crippen molar-refractivity contribution in [3.63, 3.8) is 0 Å². The molecule has 0 saturated heterocycles. The Morgan fingerprint density at radius 1 is 0.513 bits per heavy atom. The van der Waals surface area contributed by atoms with Crippen molar-refractivity contribution in [2.45, 2.75) is 34.5 Å². The topological polar surface area (TPSA) is 236 Å². The molecule has 2 atom stereocenters. The zero-order chi connectivity index (χ0) is 53.4. The van der Waals surface area contributed by atoms with E-state index in [-0.39, 0.29) is 102 Å². The number of carbonyl (C=O) groups is 3. The second kappa shape index (κ2) is 19.6. The molecule has 2 aliphatic rings. The largest absolute Gasteiger partial charge is 0.519 e. The molecule has 2 amide bonds. The van der Waals surface area contributed by atoms with Gasteiger partial charge in [-0.1, -0.05) is 72.8 Å². The summed E-state index contributed by atoms with van der Waals surface area (Å²) in [5.74, 6) is -1.87. The molecule has 6 aromatic carbocycles. The molecule has 0 aliphatic carbocycles. The minimum absolute atomic E-state index is 0.00173. The molecule has 10 rings (SSSR count). The van der Waals surface area contributed by atoms with Gasteiger partial charge >= 0.3 is 6.16 Å². The number of pyridine rings is 2. The van der Waals surface area contributed by atoms with E-state index in [9.17, 15) is 32.2 Å². The van der Waals surface area contributed by atoms with Crippen LogP contribution < -0.4 is 27.6 Å². The van der Waals surface area contributed by atoms with Gasteiger partial charge in [-0.05, 0) is 122 Å². The van der Waals surface area contributed by atoms with Crippen LogP contribution in [0.5, 0.6) is 23.3 Å². The number of fused-ring (bicyclic) bond motifs is 2. The molecule has 2 aliphatic heterocycles. The van der Waals surface area contributed by atoms with E-state index >= 15 is 9.59 Å². The third-order valence-electron chi connectivity index (χ3n) is 13.0. The number of hydrogen-bond acceptors (Lipinski definition) is 15. The van der Waals surface area contributed by atoms with Crippen molar-refractivity contribution in [1.29, 1.82) is 10.5 Å². The summed E-state index contributed by atoms with van der Waals surface area (Å²) in [5.41, 5.74) is -2.62. The second-order valence-electron chi connectivity index (χ2n) is 17.0. The average molecular weight is 1050 g/mol. The number of benzene rings is 6. The van der Waals surface area contributed by atoms with Crippen molar-refractivity contribution in [2.75, 3.05) is 21.8 Å². The van der Waals surface area contributed by atoms with E-state index in [2.05, 4.69) is 22.1 Å². The van der Waals surface area contributed by atoms with Crippen LogP contribution in [0, 0.1) is 22.7 Å². The number of ether oxygens (including phenoxy) is 4. The first-order valence-electron chi connectivity index (χ1n) is 23.4. The van der Waals surface area contributed by atoms with E-state index in [0.717, 1.165) is 8.61 Å². The lowest BCUT2D eigenvalue weighted by atomic mass is 9.70. The number of nitriles is 2. The summed E-state index contributed by atoms with van der Waals surface area (Å²) < 4.78 is 82.6. The Bertz CT molecular complexity index is 3690. The molecule has 0 N–H and O–H groups in total. The van der Waals surface area contributed by atoms with Crippen molar-refractivity contribution in [3.05, 3.63) is 227 Å². The Hall–Kier alpha value is -9.69. The summed E-state index contributed by atoms with van der Waals surface area (Å²) in [5, 5.41) is 20.2. The van der Waals surface area contributed by atoms with Crippen molar-refractivity contribution in [1.82, 2.24) is 9.97 Å². The van der Waals surface area contributed by atoms with Crippen LogP contribution in [0.3, 0.4) is 0 Å². The lowest BCUT2D eigenvalue weighted by Crippen LogP contribution is -2.45. The first-order valence-corrected chi connectivity index (χ1v) is 26.3. The van der Waals surface area contributed by atoms with Gasteiger partial charge < -0.3 is 18.9 Å². The fraction of sp³-hybridized carbons (Fsp3) is 0.105. The van der Waals surface area contributed by atoms with Gasteiger partial charge in [-0.2, -0.15) is 10.5 Å². The number of hydrogen-bond donors (Lipinski definition) is 0. The summed E-state index contributed by atoms with van der Waals surface area (Å²) in [6.07, 6.45) is 1.72. The molecular weight excluding hydrogens is 1010 g/mol. The van der Waals surface area contributed by atoms with Gasteiger partial charge in [0.2, 0.25) is 11.8 Å². The Kier molecular flexibility index (Phi) is 12.9. The highest BCUT2D eigenvalue weighted by molar-refractivity contribution is 7.94. The predicted octanol–water partition coefficient (Wildman–Crippen LogP) is 8.73. The van der Waals surface area contributed by atoms with Gasteiger partial charge in [0.15, 0.2) is 0 Å². The van der Waals surface area contributed by atoms with Gasteiger partial charge in [0.1, 0.15) is 22.3 Å². The van der Waals surface area contributed by atoms with E-state index in [1.807, 2.05) is 0 Å². The lowest BCUT2D eigenvalue weighted by Gasteiger charge is -2.31. The molecule has 76 heavy (non-hydrogen) atoms. The zero-order valence-electron chi connectivity index (χ0n) is 40.2. The number of rotatable bonds is 14. The Morgan fingerprint density at radius 2 is 0.895 bits per heavy atom. The van der Waals surface area contributed by atoms with Crippen LogP contribution in [0.15, 0.2) is 192 Å². The predicted molar refractivity (Wildman–Crippen MR) is 275 cm³/mol. The Morgan fingerprint density at radius 3 is 1.25 bits per heavy atom. The minimum atomic E-state index is -4.56. The van der Waals surface area contributed by atoms with Crippen molar-refractivity contribution in [3.8, 4) is 35.4 Å². The summed E-state index contributed by atoms with van der Waals surface area (Å²) in [4.78, 5) is 53.0. The third kappa shape index (κ3) is 7.93. The average Bonchev–Trinajstić information content (AvgIpc) is 4.10. The van der Waals surface area contributed by atoms with E-state index in [0.29, 0.717) is 0 Å². The minimum Gasteiger partial charge on any atom is -0.478 e. The van der Waals surface area contributed by atoms with Crippen LogP contribution in [-0.4, -0.2) is 58.0 Å². The van der Waals surface area contributed by atoms with Crippen LogP contribution in [0.2, 0.25) is 0 Å². The number of amides is 2. The van der Waals surface area contributed by atoms with Gasteiger partial charge in [-0.3, -0.25) is 9.59 Å². The van der Waals surface area contributed by atoms with E-state index in [1.165, 1.54) is 146 Å². The van der Waals surface area contributed by atoms with Gasteiger partial charge in [-0.15, -0.1) is 0 Å². The van der Waals surface area contributed by atoms with Gasteiger partial charge in [-0.25, -0.2) is 40.2 Å². The molecule has 2 unspecified atom stereocenters. The number of aromatic nitrogens is 2. The summed E-state index contributed by atoms with van der Waals surface area (Å²) in [7, 11) is -9.13. The zero-order valence-corrected chi connectivity index (χ0v) is 41.9. The van der Waals surface area contributed by atoms with Crippen LogP contribution in [0.4, 0.5) is 16.2 Å². The highest BCUT2D eigenvalue weighted by atomic mass is 32.2. The molecule has 376 valence electrons. The SMILES string of the molecule is CCOc1ncccc1C1(c2ccc(OC(=O)Oc3ccc(C4(c5cccnc5OCC)C(=O)N(S(=O)(=O)c5ccccc5)c5ccc(C#N)cc54)cc3)cc2)C(=O)N(S(=O)(=O)c2ccccc2)c2ccc(C#N)cc21. The molecule has 0 radical (unpaired) electrons. The number of anilines is 2. The molecule has 0 bridgehead atoms. The molecule has 19 heteroatoms. The van der Waals surface area contributed by atoms with Gasteiger partial charge in [0.25, 0.3) is 31.9 Å². The summed E-state index contributed by atoms with van der Waals surface area (Å²) >= 11 is 0. The fourth-order valence-electron chi connectivity index (χ4n) is 9.80. The quantitative estimate of drug-likeness (QED) is 0.0731. The molecule has 0 spiro atoms. The monoisotopic (exact) mass is 1050 g/mol. The highest BCUT2D eigenvalue weighted by Crippen LogP contribution is 2.56. The van der Waals surface area contributed by atoms with Gasteiger partial charge in [0.05, 0.1) is 57.6 Å². The highest BCUT2D eigenvalue weighted by Gasteiger charge is 2.60. The standard InChI is InChI=1S/C57H40N6O11S2/c1-3-71-51-45(17-11-31-60-51)56(47-33-37(35-58)19-29-49(47)62(53(56)64)75(67,68)43-13-7-5-8-14-43)39-21-25-41(26-22-39)73-55(66)74-42-27-23-40(24-28-42)57(46-18-12-32-61-52(46)72-4-2)48-34-38(36-59)20-30-50(48)63(54(57)65)76(69,70)44-15-9-6-10-16-44/h5-34H,3-4H2,1-2H3. The molecule has 0 saturated carbocycles. The number of sulfonamides is 2. The van der Waals surface area contributed by atoms with Crippen molar-refractivity contribution >= 4 is 49.4 Å². The van der Waals surface area contributed by atoms with Gasteiger partial charge in [0, 0.05) is 34.6 Å². The smallest absolute Gasteiger partial charge is 0.478 e. The van der Waals surface area contributed by atoms with Crippen LogP contribution in [-0.2, 0) is 40.5 Å². The maximum absolute atomic E-state index is 15.4. The summed E-state index contributed by atoms with van der Waals surface area (Å²) in [6, 6.07) is 45.4. The first-order chi connectivity index (χ1) is 36.8. The normalized spacial score (nSPS) is 16.7. The van der Waals surface area contributed by atoms with E-state index in [4.69, 9.17) is 18.9 Å². The van der Waals surface area contributed by atoms with Crippen LogP contribution in [0.1, 0.15) is 58.4 Å². The van der Waals surface area contributed by atoms with Crippen LogP contribution in [0.25, 0.3) is 0 Å². The number of carbonyl (C=O) groups excluding carboxylic acids is 3. The first kappa shape index (κ1) is 49.9. The van der Waals surface area contributed by atoms with E-state index < -0.39 is 48.8 Å². The fourth-order valence-corrected chi connectivity index (χ4v) is 12.8. The second-order valence-corrected chi connectivity index (χ2v) is 20.6. The molecule has 17 nitrogen and oxygen atoms in total.